The molecule has 0 atom stereocenters. The van der Waals surface area contributed by atoms with Crippen LogP contribution in [0.4, 0.5) is 5.69 Å². The molecule has 0 radical (unpaired) electrons. The number of aromatic nitrogens is 3. The van der Waals surface area contributed by atoms with Gasteiger partial charge in [0.1, 0.15) is 11.7 Å². The topological polar surface area (TPSA) is 98.3 Å². The summed E-state index contributed by atoms with van der Waals surface area (Å²) in [5, 5.41) is 9.35. The highest BCUT2D eigenvalue weighted by atomic mass is 16.5. The van der Waals surface area contributed by atoms with Crippen LogP contribution in [0.25, 0.3) is 22.6 Å². The van der Waals surface area contributed by atoms with Gasteiger partial charge in [-0.25, -0.2) is 9.78 Å². The molecule has 0 saturated carbocycles. The lowest BCUT2D eigenvalue weighted by Crippen LogP contribution is -2.11. The highest BCUT2D eigenvalue weighted by Crippen LogP contribution is 2.29. The minimum Gasteiger partial charge on any atom is -0.464 e. The van der Waals surface area contributed by atoms with Gasteiger partial charge in [-0.05, 0) is 43.2 Å². The van der Waals surface area contributed by atoms with E-state index in [4.69, 9.17) is 15.5 Å². The molecule has 0 aliphatic carbocycles. The summed E-state index contributed by atoms with van der Waals surface area (Å²) in [5.41, 5.74) is 11.8. The van der Waals surface area contributed by atoms with E-state index < -0.39 is 5.97 Å². The number of imidazole rings is 1. The Balaban J connectivity index is 1.90. The number of hydrogen-bond acceptors (Lipinski definition) is 5. The molecular weight excluding hydrogens is 366 g/mol. The number of nitrogens with zero attached hydrogens (tertiary/aromatic N) is 4. The fourth-order valence-electron chi connectivity index (χ4n) is 3.36. The maximum absolute atomic E-state index is 12.3. The largest absolute Gasteiger partial charge is 0.464 e. The van der Waals surface area contributed by atoms with Crippen molar-refractivity contribution in [3.8, 4) is 23.0 Å². The molecule has 29 heavy (non-hydrogen) atoms. The van der Waals surface area contributed by atoms with Crippen LogP contribution < -0.4 is 5.73 Å². The highest BCUT2D eigenvalue weighted by Gasteiger charge is 2.22. The van der Waals surface area contributed by atoms with Crippen molar-refractivity contribution in [1.29, 1.82) is 5.26 Å². The van der Waals surface area contributed by atoms with Crippen LogP contribution in [0, 0.1) is 25.2 Å². The summed E-state index contributed by atoms with van der Waals surface area (Å²) >= 11 is 0. The third kappa shape index (κ3) is 3.01. The van der Waals surface area contributed by atoms with E-state index in [-0.39, 0.29) is 16.9 Å². The number of ether oxygens (including phenoxy) is 1. The third-order valence-electron chi connectivity index (χ3n) is 4.92. The number of nitrogen functional groups attached to an aromatic ring is 1. The molecule has 2 N–H and O–H groups in total. The molecule has 144 valence electrons. The number of benzene rings is 1. The minimum atomic E-state index is -0.600. The highest BCUT2D eigenvalue weighted by molar-refractivity contribution is 5.96. The van der Waals surface area contributed by atoms with Gasteiger partial charge in [0.25, 0.3) is 0 Å². The first-order chi connectivity index (χ1) is 13.9. The van der Waals surface area contributed by atoms with E-state index in [0.29, 0.717) is 0 Å². The van der Waals surface area contributed by atoms with Crippen molar-refractivity contribution in [3.05, 3.63) is 71.3 Å². The number of aryl methyl sites for hydroxylation is 2. The van der Waals surface area contributed by atoms with Crippen molar-refractivity contribution in [2.75, 3.05) is 12.8 Å². The van der Waals surface area contributed by atoms with Gasteiger partial charge in [0.2, 0.25) is 0 Å². The number of carbonyl (C=O) groups excluding carboxylic acids is 1. The molecule has 4 rings (SSSR count). The number of anilines is 1. The van der Waals surface area contributed by atoms with Gasteiger partial charge in [-0.1, -0.05) is 12.1 Å². The first-order valence-electron chi connectivity index (χ1n) is 8.99. The maximum atomic E-state index is 12.3. The number of hydrogen-bond donors (Lipinski definition) is 1. The zero-order valence-corrected chi connectivity index (χ0v) is 16.3. The molecule has 0 saturated heterocycles. The lowest BCUT2D eigenvalue weighted by molar-refractivity contribution is 0.0593. The molecule has 7 nitrogen and oxygen atoms in total. The van der Waals surface area contributed by atoms with Gasteiger partial charge in [0.05, 0.1) is 24.1 Å². The Hall–Kier alpha value is -4.05. The number of fused-ring (bicyclic) bond motifs is 1. The third-order valence-corrected chi connectivity index (χ3v) is 4.92. The summed E-state index contributed by atoms with van der Waals surface area (Å²) in [4.78, 5) is 17.0. The first-order valence-corrected chi connectivity index (χ1v) is 8.99. The van der Waals surface area contributed by atoms with Gasteiger partial charge in [-0.3, -0.25) is 0 Å². The van der Waals surface area contributed by atoms with Crippen LogP contribution in [0.3, 0.4) is 0 Å². The molecule has 0 unspecified atom stereocenters. The predicted octanol–water partition coefficient (Wildman–Crippen LogP) is 3.65. The summed E-state index contributed by atoms with van der Waals surface area (Å²) in [6.45, 7) is 3.95. The second kappa shape index (κ2) is 6.84. The lowest BCUT2D eigenvalue weighted by atomic mass is 10.1. The number of pyridine rings is 1. The Labute approximate surface area is 167 Å². The van der Waals surface area contributed by atoms with Crippen LogP contribution in [0.2, 0.25) is 0 Å². The summed E-state index contributed by atoms with van der Waals surface area (Å²) in [5.74, 6) is -0.600. The average molecular weight is 385 g/mol. The Morgan fingerprint density at radius 1 is 1.21 bits per heavy atom. The van der Waals surface area contributed by atoms with E-state index in [1.54, 1.807) is 10.8 Å². The average Bonchev–Trinajstić information content (AvgIpc) is 3.28. The SMILES string of the molecule is COC(=O)c1c(N)c(C#N)cn1-c1cc(-c2cn3ccc(C)cc3n2)ccc1C. The van der Waals surface area contributed by atoms with Gasteiger partial charge in [-0.15, -0.1) is 0 Å². The second-order valence-corrected chi connectivity index (χ2v) is 6.88. The van der Waals surface area contributed by atoms with E-state index in [0.717, 1.165) is 33.7 Å². The molecule has 0 aliphatic rings. The van der Waals surface area contributed by atoms with E-state index in [1.807, 2.05) is 67.0 Å². The zero-order valence-electron chi connectivity index (χ0n) is 16.3. The van der Waals surface area contributed by atoms with Crippen molar-refractivity contribution in [3.63, 3.8) is 0 Å². The molecule has 1 aromatic carbocycles. The molecular formula is C22H19N5O2. The van der Waals surface area contributed by atoms with Crippen LogP contribution >= 0.6 is 0 Å². The molecule has 0 bridgehead atoms. The van der Waals surface area contributed by atoms with Crippen molar-refractivity contribution in [2.45, 2.75) is 13.8 Å². The maximum Gasteiger partial charge on any atom is 0.357 e. The quantitative estimate of drug-likeness (QED) is 0.543. The normalized spacial score (nSPS) is 10.8. The fraction of sp³-hybridized carbons (Fsp3) is 0.136. The van der Waals surface area contributed by atoms with Crippen molar-refractivity contribution >= 4 is 17.3 Å². The molecule has 0 spiro atoms. The van der Waals surface area contributed by atoms with Crippen molar-refractivity contribution in [1.82, 2.24) is 14.0 Å². The van der Waals surface area contributed by atoms with Crippen molar-refractivity contribution < 1.29 is 9.53 Å². The van der Waals surface area contributed by atoms with E-state index >= 15 is 0 Å². The van der Waals surface area contributed by atoms with E-state index in [2.05, 4.69) is 0 Å². The van der Waals surface area contributed by atoms with Crippen LogP contribution in [0.5, 0.6) is 0 Å². The number of nitriles is 1. The molecule has 3 aromatic heterocycles. The fourth-order valence-corrected chi connectivity index (χ4v) is 3.36. The number of methoxy groups -OCH3 is 1. The molecule has 0 fully saturated rings. The molecule has 3 heterocycles. The Kier molecular flexibility index (Phi) is 4.32. The Bertz CT molecular complexity index is 1310. The number of carbonyl (C=O) groups is 1. The van der Waals surface area contributed by atoms with Crippen LogP contribution in [-0.2, 0) is 4.74 Å². The van der Waals surface area contributed by atoms with E-state index in [1.165, 1.54) is 7.11 Å². The summed E-state index contributed by atoms with van der Waals surface area (Å²) in [6.07, 6.45) is 5.48. The van der Waals surface area contributed by atoms with Gasteiger partial charge < -0.3 is 19.4 Å². The van der Waals surface area contributed by atoms with Crippen LogP contribution in [-0.4, -0.2) is 27.0 Å². The van der Waals surface area contributed by atoms with Gasteiger partial charge in [-0.2, -0.15) is 5.26 Å². The Morgan fingerprint density at radius 2 is 2.00 bits per heavy atom. The predicted molar refractivity (Wildman–Crippen MR) is 110 cm³/mol. The van der Waals surface area contributed by atoms with E-state index in [9.17, 15) is 10.1 Å². The number of nitrogens with two attached hydrogens (primary N) is 1. The van der Waals surface area contributed by atoms with Gasteiger partial charge >= 0.3 is 5.97 Å². The first kappa shape index (κ1) is 18.3. The van der Waals surface area contributed by atoms with Crippen LogP contribution in [0.15, 0.2) is 48.9 Å². The number of esters is 1. The number of rotatable bonds is 3. The molecule has 0 amide bonds. The standard InChI is InChI=1S/C22H19N5O2/c1-13-6-7-26-12-17(25-19(26)8-13)15-5-4-14(2)18(9-15)27-11-16(10-23)20(24)21(27)22(28)29-3/h4-9,11-12H,24H2,1-3H3. The minimum absolute atomic E-state index is 0.104. The molecule has 7 heteroatoms. The molecule has 0 aliphatic heterocycles. The monoisotopic (exact) mass is 385 g/mol. The van der Waals surface area contributed by atoms with Gasteiger partial charge in [0.15, 0.2) is 5.69 Å². The summed E-state index contributed by atoms with van der Waals surface area (Å²) in [7, 11) is 1.28. The summed E-state index contributed by atoms with van der Waals surface area (Å²) in [6, 6.07) is 11.9. The molecule has 4 aromatic rings. The second-order valence-electron chi connectivity index (χ2n) is 6.88. The lowest BCUT2D eigenvalue weighted by Gasteiger charge is -2.12. The smallest absolute Gasteiger partial charge is 0.357 e. The van der Waals surface area contributed by atoms with Crippen molar-refractivity contribution in [2.24, 2.45) is 0 Å². The Morgan fingerprint density at radius 3 is 2.72 bits per heavy atom. The van der Waals surface area contributed by atoms with Gasteiger partial charge in [0, 0.05) is 29.8 Å². The summed E-state index contributed by atoms with van der Waals surface area (Å²) < 4.78 is 8.45. The zero-order chi connectivity index (χ0) is 20.7. The van der Waals surface area contributed by atoms with Crippen LogP contribution in [0.1, 0.15) is 27.2 Å².